The Bertz CT molecular complexity index is 1190. The molecule has 1 unspecified atom stereocenters. The van der Waals surface area contributed by atoms with Gasteiger partial charge in [0.1, 0.15) is 5.82 Å². The number of nitrogens with one attached hydrogen (secondary N) is 1. The molecule has 2 aliphatic rings. The van der Waals surface area contributed by atoms with Crippen LogP contribution in [0.4, 0.5) is 5.13 Å². The molecular weight excluding hydrogens is 414 g/mol. The first kappa shape index (κ1) is 20.3. The van der Waals surface area contributed by atoms with E-state index in [1.165, 1.54) is 11.3 Å². The fraction of sp³-hybridized carbons (Fsp3) is 0.273. The Hall–Kier alpha value is -3.02. The zero-order chi connectivity index (χ0) is 21.5. The Morgan fingerprint density at radius 2 is 2.10 bits per heavy atom. The molecule has 1 aromatic carbocycles. The molecule has 8 heteroatoms. The van der Waals surface area contributed by atoms with Gasteiger partial charge in [0, 0.05) is 23.6 Å². The summed E-state index contributed by atoms with van der Waals surface area (Å²) in [4.78, 5) is 15.0. The van der Waals surface area contributed by atoms with Crippen LogP contribution in [0.5, 0.6) is 0 Å². The number of carbonyl (C=O) groups is 1. The Labute approximate surface area is 184 Å². The van der Waals surface area contributed by atoms with Crippen molar-refractivity contribution >= 4 is 40.5 Å². The molecule has 1 aliphatic heterocycles. The highest BCUT2D eigenvalue weighted by atomic mass is 32.1. The number of H-pyrrole nitrogens is 1. The van der Waals surface area contributed by atoms with Crippen molar-refractivity contribution < 1.29 is 4.79 Å². The van der Waals surface area contributed by atoms with Gasteiger partial charge in [-0.2, -0.15) is 5.26 Å². The van der Waals surface area contributed by atoms with Gasteiger partial charge in [-0.05, 0) is 29.6 Å². The van der Waals surface area contributed by atoms with Crippen molar-refractivity contribution in [2.45, 2.75) is 26.7 Å². The number of allylic oxidation sites excluding steroid dienone is 4. The molecule has 0 spiro atoms. The van der Waals surface area contributed by atoms with Gasteiger partial charge in [-0.3, -0.25) is 14.8 Å². The van der Waals surface area contributed by atoms with Crippen LogP contribution in [0, 0.1) is 26.6 Å². The average Bonchev–Trinajstić information content (AvgIpc) is 3.11. The SMILES string of the molecule is CC1(C)CC(=O)C2=C(C1)N(c1n[nH]c(=S)s1)C(N)=C(C#N)C2/C=C/c1ccccc1. The molecule has 6 nitrogen and oxygen atoms in total. The minimum absolute atomic E-state index is 0.0355. The first-order valence-electron chi connectivity index (χ1n) is 9.55. The molecule has 1 aliphatic carbocycles. The fourth-order valence-corrected chi connectivity index (χ4v) is 4.97. The van der Waals surface area contributed by atoms with Crippen LogP contribution >= 0.6 is 23.6 Å². The lowest BCUT2D eigenvalue weighted by molar-refractivity contribution is -0.118. The highest BCUT2D eigenvalue weighted by Crippen LogP contribution is 2.47. The Kier molecular flexibility index (Phi) is 5.18. The number of nitrogens with zero attached hydrogens (tertiary/aromatic N) is 3. The quantitative estimate of drug-likeness (QED) is 0.679. The maximum atomic E-state index is 13.3. The third-order valence-electron chi connectivity index (χ3n) is 5.32. The second kappa shape index (κ2) is 7.67. The molecule has 0 bridgehead atoms. The number of ketones is 1. The first-order valence-corrected chi connectivity index (χ1v) is 10.8. The van der Waals surface area contributed by atoms with Gasteiger partial charge in [0.15, 0.2) is 9.74 Å². The van der Waals surface area contributed by atoms with Gasteiger partial charge in [-0.1, -0.05) is 67.7 Å². The summed E-state index contributed by atoms with van der Waals surface area (Å²) in [6.07, 6.45) is 4.90. The number of anilines is 1. The lowest BCUT2D eigenvalue weighted by Crippen LogP contribution is -2.42. The predicted molar refractivity (Wildman–Crippen MR) is 121 cm³/mol. The second-order valence-corrected chi connectivity index (χ2v) is 9.83. The predicted octanol–water partition coefficient (Wildman–Crippen LogP) is 4.69. The van der Waals surface area contributed by atoms with E-state index in [-0.39, 0.29) is 11.2 Å². The Morgan fingerprint density at radius 1 is 1.37 bits per heavy atom. The summed E-state index contributed by atoms with van der Waals surface area (Å²) in [6, 6.07) is 12.0. The molecule has 2 aromatic rings. The van der Waals surface area contributed by atoms with Crippen LogP contribution in [0.3, 0.4) is 0 Å². The molecular formula is C22H21N5OS2. The maximum Gasteiger partial charge on any atom is 0.216 e. The molecule has 2 heterocycles. The number of aromatic amines is 1. The summed E-state index contributed by atoms with van der Waals surface area (Å²) in [5.74, 6) is -0.160. The van der Waals surface area contributed by atoms with Crippen molar-refractivity contribution in [2.75, 3.05) is 4.90 Å². The van der Waals surface area contributed by atoms with E-state index in [2.05, 4.69) is 30.1 Å². The van der Waals surface area contributed by atoms with Gasteiger partial charge in [-0.15, -0.1) is 5.10 Å². The summed E-state index contributed by atoms with van der Waals surface area (Å²) >= 11 is 6.46. The number of nitriles is 1. The van der Waals surface area contributed by atoms with Crippen molar-refractivity contribution in [3.63, 3.8) is 0 Å². The normalized spacial score (nSPS) is 21.2. The highest BCUT2D eigenvalue weighted by Gasteiger charge is 2.44. The van der Waals surface area contributed by atoms with Gasteiger partial charge in [0.25, 0.3) is 0 Å². The van der Waals surface area contributed by atoms with Crippen molar-refractivity contribution in [1.29, 1.82) is 5.26 Å². The third kappa shape index (κ3) is 3.62. The first-order chi connectivity index (χ1) is 14.3. The number of aromatic nitrogens is 2. The van der Waals surface area contributed by atoms with E-state index >= 15 is 0 Å². The van der Waals surface area contributed by atoms with Crippen molar-refractivity contribution in [3.05, 3.63) is 68.6 Å². The summed E-state index contributed by atoms with van der Waals surface area (Å²) < 4.78 is 0.506. The minimum Gasteiger partial charge on any atom is -0.384 e. The molecule has 4 rings (SSSR count). The molecule has 30 heavy (non-hydrogen) atoms. The summed E-state index contributed by atoms with van der Waals surface area (Å²) in [5.41, 5.74) is 9.03. The van der Waals surface area contributed by atoms with Gasteiger partial charge >= 0.3 is 0 Å². The smallest absolute Gasteiger partial charge is 0.216 e. The molecule has 0 amide bonds. The molecule has 0 fully saturated rings. The van der Waals surface area contributed by atoms with Gasteiger partial charge < -0.3 is 5.73 Å². The van der Waals surface area contributed by atoms with Gasteiger partial charge in [0.2, 0.25) is 5.13 Å². The number of benzene rings is 1. The lowest BCUT2D eigenvalue weighted by atomic mass is 9.70. The van der Waals surface area contributed by atoms with E-state index in [4.69, 9.17) is 18.0 Å². The monoisotopic (exact) mass is 435 g/mol. The van der Waals surface area contributed by atoms with Crippen LogP contribution in [0.25, 0.3) is 6.08 Å². The van der Waals surface area contributed by atoms with Crippen molar-refractivity contribution in [2.24, 2.45) is 17.1 Å². The van der Waals surface area contributed by atoms with Crippen LogP contribution in [0.15, 0.2) is 59.1 Å². The molecule has 152 valence electrons. The largest absolute Gasteiger partial charge is 0.384 e. The standard InChI is InChI=1S/C22H21N5OS2/c1-22(2)10-16-18(17(28)11-22)14(9-8-13-6-4-3-5-7-13)15(12-23)19(24)27(16)20-25-26-21(29)30-20/h3-9,14H,10-11,24H2,1-2H3,(H,26,29)/b9-8+. The third-order valence-corrected chi connectivity index (χ3v) is 6.40. The van der Waals surface area contributed by atoms with Crippen molar-refractivity contribution in [1.82, 2.24) is 10.2 Å². The molecule has 0 radical (unpaired) electrons. The number of carbonyl (C=O) groups excluding carboxylic acids is 1. The average molecular weight is 436 g/mol. The van der Waals surface area contributed by atoms with Crippen molar-refractivity contribution in [3.8, 4) is 6.07 Å². The van der Waals surface area contributed by atoms with Crippen LogP contribution in [-0.2, 0) is 4.79 Å². The number of hydrogen-bond acceptors (Lipinski definition) is 7. The zero-order valence-electron chi connectivity index (χ0n) is 16.7. The second-order valence-electron chi connectivity index (χ2n) is 8.19. The van der Waals surface area contributed by atoms with Crippen LogP contribution < -0.4 is 10.6 Å². The number of hydrogen-bond donors (Lipinski definition) is 2. The van der Waals surface area contributed by atoms with E-state index < -0.39 is 5.92 Å². The van der Waals surface area contributed by atoms with E-state index in [9.17, 15) is 10.1 Å². The molecule has 1 aromatic heterocycles. The topological polar surface area (TPSA) is 98.8 Å². The summed E-state index contributed by atoms with van der Waals surface area (Å²) in [7, 11) is 0. The van der Waals surface area contributed by atoms with E-state index in [1.54, 1.807) is 4.90 Å². The lowest BCUT2D eigenvalue weighted by Gasteiger charge is -2.41. The Balaban J connectivity index is 1.90. The van der Waals surface area contributed by atoms with Crippen LogP contribution in [-0.4, -0.2) is 16.0 Å². The fourth-order valence-electron chi connectivity index (χ4n) is 4.05. The molecule has 0 saturated heterocycles. The van der Waals surface area contributed by atoms with E-state index in [0.717, 1.165) is 11.3 Å². The van der Waals surface area contributed by atoms with Crippen LogP contribution in [0.2, 0.25) is 0 Å². The molecule has 1 atom stereocenters. The van der Waals surface area contributed by atoms with E-state index in [0.29, 0.717) is 38.9 Å². The zero-order valence-corrected chi connectivity index (χ0v) is 18.3. The van der Waals surface area contributed by atoms with E-state index in [1.807, 2.05) is 42.5 Å². The van der Waals surface area contributed by atoms with Gasteiger partial charge in [-0.25, -0.2) is 0 Å². The number of Topliss-reactive ketones (excluding diaryl/α,β-unsaturated/α-hetero) is 1. The molecule has 3 N–H and O–H groups in total. The summed E-state index contributed by atoms with van der Waals surface area (Å²) in [5, 5.41) is 17.5. The van der Waals surface area contributed by atoms with Crippen LogP contribution in [0.1, 0.15) is 32.3 Å². The summed E-state index contributed by atoms with van der Waals surface area (Å²) in [6.45, 7) is 4.13. The number of nitrogens with two attached hydrogens (primary N) is 1. The molecule has 0 saturated carbocycles. The highest BCUT2D eigenvalue weighted by molar-refractivity contribution is 7.73. The maximum absolute atomic E-state index is 13.3. The minimum atomic E-state index is -0.489. The number of rotatable bonds is 3. The van der Waals surface area contributed by atoms with Gasteiger partial charge in [0.05, 0.1) is 11.6 Å². The Morgan fingerprint density at radius 3 is 2.73 bits per heavy atom.